The third-order valence-corrected chi connectivity index (χ3v) is 7.70. The van der Waals surface area contributed by atoms with Crippen LogP contribution in [0.2, 0.25) is 0 Å². The van der Waals surface area contributed by atoms with Gasteiger partial charge in [0, 0.05) is 36.7 Å². The molecule has 0 spiro atoms. The van der Waals surface area contributed by atoms with Crippen molar-refractivity contribution in [2.45, 2.75) is 17.7 Å². The van der Waals surface area contributed by atoms with E-state index in [1.165, 1.54) is 22.5 Å². The fourth-order valence-electron chi connectivity index (χ4n) is 3.89. The van der Waals surface area contributed by atoms with Crippen molar-refractivity contribution in [3.63, 3.8) is 0 Å². The highest BCUT2D eigenvalue weighted by Crippen LogP contribution is 2.26. The van der Waals surface area contributed by atoms with Crippen molar-refractivity contribution in [2.24, 2.45) is 5.92 Å². The van der Waals surface area contributed by atoms with Gasteiger partial charge in [-0.25, -0.2) is 8.42 Å². The third-order valence-electron chi connectivity index (χ3n) is 5.80. The second-order valence-electron chi connectivity index (χ2n) is 7.94. The topological polar surface area (TPSA) is 139 Å². The van der Waals surface area contributed by atoms with Gasteiger partial charge in [-0.15, -0.1) is 0 Å². The Morgan fingerprint density at radius 2 is 1.62 bits per heavy atom. The number of nitrogens with one attached hydrogen (secondary N) is 2. The van der Waals surface area contributed by atoms with Crippen molar-refractivity contribution in [1.29, 1.82) is 0 Å². The van der Waals surface area contributed by atoms with Gasteiger partial charge in [-0.2, -0.15) is 4.31 Å². The Balaban J connectivity index is 1.33. The van der Waals surface area contributed by atoms with E-state index in [9.17, 15) is 28.1 Å². The zero-order valence-corrected chi connectivity index (χ0v) is 18.8. The standard InChI is InChI=1S/C23H22N4O6S/c28-22(24-25-23(29)19-6-3-7-20(14-19)27(30)31)17-10-12-26(13-11-17)34(32,33)21-9-8-16-4-1-2-5-18(16)15-21/h1-9,14-15,17H,10-13H2,(H,24,28)(H,25,29). The van der Waals surface area contributed by atoms with Crippen molar-refractivity contribution in [1.82, 2.24) is 15.2 Å². The van der Waals surface area contributed by atoms with Crippen LogP contribution in [0.3, 0.4) is 0 Å². The molecule has 0 aliphatic carbocycles. The lowest BCUT2D eigenvalue weighted by molar-refractivity contribution is -0.384. The van der Waals surface area contributed by atoms with E-state index in [-0.39, 0.29) is 29.2 Å². The van der Waals surface area contributed by atoms with Crippen molar-refractivity contribution in [3.05, 3.63) is 82.4 Å². The highest BCUT2D eigenvalue weighted by Gasteiger charge is 2.32. The number of carbonyl (C=O) groups is 2. The van der Waals surface area contributed by atoms with Crippen molar-refractivity contribution < 1.29 is 22.9 Å². The lowest BCUT2D eigenvalue weighted by Gasteiger charge is -2.30. The van der Waals surface area contributed by atoms with Crippen LogP contribution in [0, 0.1) is 16.0 Å². The van der Waals surface area contributed by atoms with Crippen LogP contribution in [0.15, 0.2) is 71.6 Å². The van der Waals surface area contributed by atoms with Crippen LogP contribution in [-0.2, 0) is 14.8 Å². The van der Waals surface area contributed by atoms with Gasteiger partial charge < -0.3 is 0 Å². The molecule has 0 aromatic heterocycles. The maximum Gasteiger partial charge on any atom is 0.270 e. The van der Waals surface area contributed by atoms with E-state index >= 15 is 0 Å². The minimum Gasteiger partial charge on any atom is -0.273 e. The van der Waals surface area contributed by atoms with Crippen LogP contribution < -0.4 is 10.9 Å². The first-order valence-electron chi connectivity index (χ1n) is 10.6. The molecule has 2 N–H and O–H groups in total. The number of carbonyl (C=O) groups excluding carboxylic acids is 2. The van der Waals surface area contributed by atoms with E-state index in [4.69, 9.17) is 0 Å². The number of nitro benzene ring substituents is 1. The monoisotopic (exact) mass is 482 g/mol. The van der Waals surface area contributed by atoms with Crippen LogP contribution >= 0.6 is 0 Å². The van der Waals surface area contributed by atoms with Crippen LogP contribution in [0.4, 0.5) is 5.69 Å². The summed E-state index contributed by atoms with van der Waals surface area (Å²) in [6.07, 6.45) is 0.594. The predicted octanol–water partition coefficient (Wildman–Crippen LogP) is 2.61. The van der Waals surface area contributed by atoms with Crippen LogP contribution in [0.25, 0.3) is 10.8 Å². The molecule has 176 valence electrons. The lowest BCUT2D eigenvalue weighted by atomic mass is 9.98. The number of piperidine rings is 1. The lowest BCUT2D eigenvalue weighted by Crippen LogP contribution is -2.48. The predicted molar refractivity (Wildman–Crippen MR) is 124 cm³/mol. The first-order valence-corrected chi connectivity index (χ1v) is 12.0. The van der Waals surface area contributed by atoms with Gasteiger partial charge in [-0.1, -0.05) is 36.4 Å². The van der Waals surface area contributed by atoms with E-state index in [1.54, 1.807) is 18.2 Å². The van der Waals surface area contributed by atoms with Crippen LogP contribution in [-0.4, -0.2) is 42.6 Å². The molecule has 0 unspecified atom stereocenters. The molecule has 2 amide bonds. The molecular weight excluding hydrogens is 460 g/mol. The number of hydrogen-bond acceptors (Lipinski definition) is 6. The Morgan fingerprint density at radius 3 is 2.32 bits per heavy atom. The number of nitrogens with zero attached hydrogens (tertiary/aromatic N) is 2. The van der Waals surface area contributed by atoms with Gasteiger partial charge in [0.1, 0.15) is 0 Å². The zero-order chi connectivity index (χ0) is 24.3. The summed E-state index contributed by atoms with van der Waals surface area (Å²) in [7, 11) is -3.70. The van der Waals surface area contributed by atoms with E-state index in [0.717, 1.165) is 16.8 Å². The molecule has 1 heterocycles. The number of hydrazine groups is 1. The molecule has 1 saturated heterocycles. The summed E-state index contributed by atoms with van der Waals surface area (Å²) in [6, 6.07) is 17.6. The number of benzene rings is 3. The highest BCUT2D eigenvalue weighted by molar-refractivity contribution is 7.89. The SMILES string of the molecule is O=C(NNC(=O)C1CCN(S(=O)(=O)c2ccc3ccccc3c2)CC1)c1cccc([N+](=O)[O-])c1. The molecule has 34 heavy (non-hydrogen) atoms. The average molecular weight is 483 g/mol. The summed E-state index contributed by atoms with van der Waals surface area (Å²) >= 11 is 0. The van der Waals surface area contributed by atoms with E-state index < -0.39 is 32.7 Å². The van der Waals surface area contributed by atoms with Gasteiger partial charge in [0.25, 0.3) is 11.6 Å². The van der Waals surface area contributed by atoms with Gasteiger partial charge in [0.05, 0.1) is 9.82 Å². The fourth-order valence-corrected chi connectivity index (χ4v) is 5.39. The van der Waals surface area contributed by atoms with Crippen molar-refractivity contribution in [3.8, 4) is 0 Å². The third kappa shape index (κ3) is 4.90. The maximum atomic E-state index is 13.1. The first kappa shape index (κ1) is 23.3. The molecule has 1 fully saturated rings. The second kappa shape index (κ2) is 9.57. The summed E-state index contributed by atoms with van der Waals surface area (Å²) in [5.74, 6) is -1.61. The largest absolute Gasteiger partial charge is 0.273 e. The van der Waals surface area contributed by atoms with Crippen molar-refractivity contribution >= 4 is 38.3 Å². The van der Waals surface area contributed by atoms with Crippen molar-refractivity contribution in [2.75, 3.05) is 13.1 Å². The molecule has 4 rings (SSSR count). The molecule has 11 heteroatoms. The second-order valence-corrected chi connectivity index (χ2v) is 9.88. The fraction of sp³-hybridized carbons (Fsp3) is 0.217. The minimum absolute atomic E-state index is 0.0331. The van der Waals surface area contributed by atoms with Crippen LogP contribution in [0.1, 0.15) is 23.2 Å². The summed E-state index contributed by atoms with van der Waals surface area (Å²) in [5, 5.41) is 12.6. The molecule has 10 nitrogen and oxygen atoms in total. The molecular formula is C23H22N4O6S. The highest BCUT2D eigenvalue weighted by atomic mass is 32.2. The van der Waals surface area contributed by atoms with Gasteiger partial charge in [0.2, 0.25) is 15.9 Å². The normalized spacial score (nSPS) is 15.1. The molecule has 3 aromatic rings. The summed E-state index contributed by atoms with van der Waals surface area (Å²) < 4.78 is 27.5. The summed E-state index contributed by atoms with van der Waals surface area (Å²) in [6.45, 7) is 0.345. The maximum absolute atomic E-state index is 13.1. The van der Waals surface area contributed by atoms with Gasteiger partial charge in [0.15, 0.2) is 0 Å². The van der Waals surface area contributed by atoms with Gasteiger partial charge in [-0.05, 0) is 41.8 Å². The quantitative estimate of drug-likeness (QED) is 0.423. The van der Waals surface area contributed by atoms with Gasteiger partial charge >= 0.3 is 0 Å². The van der Waals surface area contributed by atoms with E-state index in [1.807, 2.05) is 24.3 Å². The number of nitro groups is 1. The first-order chi connectivity index (χ1) is 16.3. The molecule has 0 saturated carbocycles. The Kier molecular flexibility index (Phi) is 6.57. The summed E-state index contributed by atoms with van der Waals surface area (Å²) in [4.78, 5) is 35.1. The zero-order valence-electron chi connectivity index (χ0n) is 18.0. The number of non-ortho nitro benzene ring substituents is 1. The molecule has 3 aromatic carbocycles. The van der Waals surface area contributed by atoms with E-state index in [0.29, 0.717) is 12.8 Å². The average Bonchev–Trinajstić information content (AvgIpc) is 2.86. The van der Waals surface area contributed by atoms with Gasteiger partial charge in [-0.3, -0.25) is 30.6 Å². The number of fused-ring (bicyclic) bond motifs is 1. The summed E-state index contributed by atoms with van der Waals surface area (Å²) in [5.41, 5.74) is 4.38. The minimum atomic E-state index is -3.70. The molecule has 0 bridgehead atoms. The molecule has 0 atom stereocenters. The Bertz CT molecular complexity index is 1370. The van der Waals surface area contributed by atoms with E-state index in [2.05, 4.69) is 10.9 Å². The van der Waals surface area contributed by atoms with Crippen LogP contribution in [0.5, 0.6) is 0 Å². The number of hydrogen-bond donors (Lipinski definition) is 2. The molecule has 1 aliphatic heterocycles. The molecule has 1 aliphatic rings. The Hall–Kier alpha value is -3.83. The Morgan fingerprint density at radius 1 is 0.912 bits per heavy atom. The molecule has 0 radical (unpaired) electrons. The number of amides is 2. The number of rotatable bonds is 5. The Labute approximate surface area is 195 Å². The number of sulfonamides is 1. The smallest absolute Gasteiger partial charge is 0.270 e.